The number of urea groups is 1. The number of carbonyl (C=O) groups is 2. The number of nitriles is 1. The maximum atomic E-state index is 15.2. The number of anilines is 2. The average Bonchev–Trinajstić information content (AvgIpc) is 3.79. The Hall–Kier alpha value is -4.78. The topological polar surface area (TPSA) is 131 Å². The number of nitrogens with zero attached hydrogens (tertiary/aromatic N) is 2. The molecule has 0 radical (unpaired) electrons. The van der Waals surface area contributed by atoms with Crippen LogP contribution in [0, 0.1) is 23.1 Å². The highest BCUT2D eigenvalue weighted by atomic mass is 19.1. The van der Waals surface area contributed by atoms with Gasteiger partial charge >= 0.3 is 6.03 Å². The molecule has 1 saturated heterocycles. The van der Waals surface area contributed by atoms with Crippen LogP contribution in [0.3, 0.4) is 0 Å². The van der Waals surface area contributed by atoms with Crippen molar-refractivity contribution in [2.24, 2.45) is 11.7 Å². The minimum Gasteiger partial charge on any atom is -0.391 e. The van der Waals surface area contributed by atoms with E-state index in [4.69, 9.17) is 5.73 Å². The maximum absolute atomic E-state index is 15.2. The van der Waals surface area contributed by atoms with E-state index in [2.05, 4.69) is 16.7 Å². The monoisotopic (exact) mass is 591 g/mol. The van der Waals surface area contributed by atoms with Gasteiger partial charge in [-0.1, -0.05) is 67.4 Å². The third-order valence-electron chi connectivity index (χ3n) is 8.76. The second-order valence-electron chi connectivity index (χ2n) is 11.8. The SMILES string of the molecule is N#Cc1cccc(C(N)(CCC2CC2)c2ccc(F)c(NC(=O)[C@H]3C[C@@H](O)CN3C(=O)Nc3cccc4ccccc34)c2)c1. The fourth-order valence-corrected chi connectivity index (χ4v) is 6.08. The molecule has 9 heteroatoms. The number of amides is 3. The molecule has 224 valence electrons. The number of fused-ring (bicyclic) bond motifs is 1. The maximum Gasteiger partial charge on any atom is 0.322 e. The average molecular weight is 592 g/mol. The van der Waals surface area contributed by atoms with Gasteiger partial charge in [0.2, 0.25) is 5.91 Å². The predicted octanol–water partition coefficient (Wildman–Crippen LogP) is 5.85. The number of rotatable bonds is 8. The van der Waals surface area contributed by atoms with Gasteiger partial charge in [-0.3, -0.25) is 4.79 Å². The summed E-state index contributed by atoms with van der Waals surface area (Å²) in [6, 6.07) is 25.3. The van der Waals surface area contributed by atoms with Crippen LogP contribution in [0.25, 0.3) is 10.8 Å². The van der Waals surface area contributed by atoms with Gasteiger partial charge in [-0.05, 0) is 65.6 Å². The second-order valence-corrected chi connectivity index (χ2v) is 11.8. The molecular formula is C35H34FN5O3. The molecule has 6 rings (SSSR count). The Kier molecular flexibility index (Phi) is 8.04. The zero-order valence-electron chi connectivity index (χ0n) is 24.2. The summed E-state index contributed by atoms with van der Waals surface area (Å²) in [4.78, 5) is 28.2. The minimum absolute atomic E-state index is 0.0132. The lowest BCUT2D eigenvalue weighted by Crippen LogP contribution is -2.45. The summed E-state index contributed by atoms with van der Waals surface area (Å²) in [6.45, 7) is -0.0421. The molecular weight excluding hydrogens is 557 g/mol. The number of benzene rings is 4. The molecule has 1 heterocycles. The van der Waals surface area contributed by atoms with Crippen molar-refractivity contribution in [2.45, 2.75) is 49.8 Å². The molecule has 0 aromatic heterocycles. The lowest BCUT2D eigenvalue weighted by molar-refractivity contribution is -0.119. The van der Waals surface area contributed by atoms with Gasteiger partial charge in [0.05, 0.1) is 34.7 Å². The Labute approximate surface area is 255 Å². The summed E-state index contributed by atoms with van der Waals surface area (Å²) in [6.07, 6.45) is 2.87. The number of hydrogen-bond donors (Lipinski definition) is 4. The van der Waals surface area contributed by atoms with Gasteiger partial charge in [0, 0.05) is 18.4 Å². The van der Waals surface area contributed by atoms with Gasteiger partial charge in [0.1, 0.15) is 11.9 Å². The van der Waals surface area contributed by atoms with E-state index in [-0.39, 0.29) is 18.7 Å². The van der Waals surface area contributed by atoms with Gasteiger partial charge in [-0.15, -0.1) is 0 Å². The number of β-amino-alcohol motifs (C(OH)–C–C–N with tert-alkyl or cyclic N) is 1. The Morgan fingerprint density at radius 2 is 1.73 bits per heavy atom. The molecule has 44 heavy (non-hydrogen) atoms. The zero-order valence-corrected chi connectivity index (χ0v) is 24.2. The van der Waals surface area contributed by atoms with Gasteiger partial charge in [0.25, 0.3) is 0 Å². The van der Waals surface area contributed by atoms with Crippen molar-refractivity contribution < 1.29 is 19.1 Å². The molecule has 0 bridgehead atoms. The largest absolute Gasteiger partial charge is 0.391 e. The van der Waals surface area contributed by atoms with Crippen molar-refractivity contribution in [1.82, 2.24) is 4.90 Å². The van der Waals surface area contributed by atoms with E-state index in [1.54, 1.807) is 30.3 Å². The van der Waals surface area contributed by atoms with Crippen LogP contribution in [0.5, 0.6) is 0 Å². The summed E-state index contributed by atoms with van der Waals surface area (Å²) in [5.74, 6) is -0.669. The molecule has 0 spiro atoms. The third-order valence-corrected chi connectivity index (χ3v) is 8.76. The number of hydrogen-bond acceptors (Lipinski definition) is 5. The first-order valence-electron chi connectivity index (χ1n) is 14.9. The molecule has 2 aliphatic rings. The van der Waals surface area contributed by atoms with Crippen LogP contribution in [-0.2, 0) is 10.3 Å². The fourth-order valence-electron chi connectivity index (χ4n) is 6.08. The number of nitrogens with one attached hydrogen (secondary N) is 2. The normalized spacial score (nSPS) is 19.3. The molecule has 3 atom stereocenters. The van der Waals surface area contributed by atoms with E-state index in [9.17, 15) is 20.0 Å². The molecule has 5 N–H and O–H groups in total. The van der Waals surface area contributed by atoms with Gasteiger partial charge in [0.15, 0.2) is 0 Å². The van der Waals surface area contributed by atoms with Crippen LogP contribution in [0.1, 0.15) is 48.8 Å². The van der Waals surface area contributed by atoms with E-state index in [0.717, 1.165) is 35.6 Å². The van der Waals surface area contributed by atoms with Crippen molar-refractivity contribution in [3.63, 3.8) is 0 Å². The number of likely N-dealkylation sites (tertiary alicyclic amines) is 1. The standard InChI is InChI=1S/C35H34FN5O3/c36-29-14-13-26(35(38,16-15-22-11-12-22)25-8-3-5-23(17-25)20-37)18-31(29)39-33(43)32-19-27(42)21-41(32)34(44)40-30-10-4-7-24-6-1-2-9-28(24)30/h1-10,13-14,17-18,22,27,32,42H,11-12,15-16,19,21,38H2,(H,39,43)(H,40,44)/t27-,32-,35?/m1/s1. The predicted molar refractivity (Wildman–Crippen MR) is 167 cm³/mol. The smallest absolute Gasteiger partial charge is 0.322 e. The summed E-state index contributed by atoms with van der Waals surface area (Å²) in [5, 5.41) is 27.2. The Morgan fingerprint density at radius 1 is 0.977 bits per heavy atom. The van der Waals surface area contributed by atoms with Crippen LogP contribution in [0.15, 0.2) is 84.9 Å². The summed E-state index contributed by atoms with van der Waals surface area (Å²) >= 11 is 0. The number of nitrogens with two attached hydrogens (primary N) is 1. The van der Waals surface area contributed by atoms with Crippen LogP contribution in [0.2, 0.25) is 0 Å². The fraction of sp³-hybridized carbons (Fsp3) is 0.286. The molecule has 1 aliphatic heterocycles. The minimum atomic E-state index is -1.02. The van der Waals surface area contributed by atoms with Crippen LogP contribution in [-0.4, -0.2) is 40.6 Å². The quantitative estimate of drug-likeness (QED) is 0.204. The second kappa shape index (κ2) is 12.1. The van der Waals surface area contributed by atoms with Crippen molar-refractivity contribution >= 4 is 34.1 Å². The highest BCUT2D eigenvalue weighted by Crippen LogP contribution is 2.41. The van der Waals surface area contributed by atoms with Gasteiger partial charge in [-0.2, -0.15) is 5.26 Å². The lowest BCUT2D eigenvalue weighted by atomic mass is 9.79. The number of aliphatic hydroxyl groups is 1. The highest BCUT2D eigenvalue weighted by Gasteiger charge is 2.40. The van der Waals surface area contributed by atoms with E-state index in [1.165, 1.54) is 17.0 Å². The van der Waals surface area contributed by atoms with E-state index in [1.807, 2.05) is 42.5 Å². The van der Waals surface area contributed by atoms with Gasteiger partial charge in [-0.25, -0.2) is 9.18 Å². The molecule has 3 amide bonds. The Morgan fingerprint density at radius 3 is 2.52 bits per heavy atom. The lowest BCUT2D eigenvalue weighted by Gasteiger charge is -2.32. The van der Waals surface area contributed by atoms with Crippen molar-refractivity contribution in [3.8, 4) is 6.07 Å². The molecule has 1 aliphatic carbocycles. The number of aliphatic hydroxyl groups excluding tert-OH is 1. The molecule has 8 nitrogen and oxygen atoms in total. The summed E-state index contributed by atoms with van der Waals surface area (Å²) in [7, 11) is 0. The first kappa shape index (κ1) is 29.3. The molecule has 2 fully saturated rings. The van der Waals surface area contributed by atoms with E-state index < -0.39 is 35.4 Å². The van der Waals surface area contributed by atoms with Crippen LogP contribution >= 0.6 is 0 Å². The molecule has 4 aromatic carbocycles. The Bertz CT molecular complexity index is 1760. The molecule has 1 saturated carbocycles. The first-order valence-corrected chi connectivity index (χ1v) is 14.9. The molecule has 4 aromatic rings. The van der Waals surface area contributed by atoms with Crippen molar-refractivity contribution in [1.29, 1.82) is 5.26 Å². The number of carbonyl (C=O) groups excluding carboxylic acids is 2. The van der Waals surface area contributed by atoms with E-state index in [0.29, 0.717) is 29.2 Å². The number of halogens is 1. The third kappa shape index (κ3) is 6.00. The van der Waals surface area contributed by atoms with Crippen LogP contribution in [0.4, 0.5) is 20.6 Å². The van der Waals surface area contributed by atoms with Gasteiger partial charge < -0.3 is 26.4 Å². The highest BCUT2D eigenvalue weighted by molar-refractivity contribution is 6.04. The van der Waals surface area contributed by atoms with E-state index >= 15 is 4.39 Å². The van der Waals surface area contributed by atoms with Crippen molar-refractivity contribution in [2.75, 3.05) is 17.2 Å². The zero-order chi connectivity index (χ0) is 30.8. The first-order chi connectivity index (χ1) is 21.2. The van der Waals surface area contributed by atoms with Crippen molar-refractivity contribution in [3.05, 3.63) is 107 Å². The Balaban J connectivity index is 1.24. The van der Waals surface area contributed by atoms with Crippen LogP contribution < -0.4 is 16.4 Å². The molecule has 1 unspecified atom stereocenters. The summed E-state index contributed by atoms with van der Waals surface area (Å²) in [5.41, 5.74) is 8.37. The summed E-state index contributed by atoms with van der Waals surface area (Å²) < 4.78 is 15.2.